The molecule has 2 aliphatic rings. The van der Waals surface area contributed by atoms with E-state index in [0.29, 0.717) is 30.0 Å². The van der Waals surface area contributed by atoms with Gasteiger partial charge in [0.25, 0.3) is 0 Å². The van der Waals surface area contributed by atoms with Crippen molar-refractivity contribution in [1.29, 1.82) is 0 Å². The van der Waals surface area contributed by atoms with Crippen molar-refractivity contribution in [2.75, 3.05) is 0 Å². The Bertz CT molecular complexity index is 993. The third kappa shape index (κ3) is 5.62. The molecule has 6 nitrogen and oxygen atoms in total. The van der Waals surface area contributed by atoms with Crippen LogP contribution < -0.4 is 11.1 Å². The molecule has 2 aromatic rings. The van der Waals surface area contributed by atoms with Crippen LogP contribution in [0.5, 0.6) is 0 Å². The van der Waals surface area contributed by atoms with E-state index in [-0.39, 0.29) is 24.7 Å². The molecule has 1 amide bonds. The molecule has 182 valence electrons. The number of halogens is 5. The smallest absolute Gasteiger partial charge is 0.347 e. The van der Waals surface area contributed by atoms with Crippen LogP contribution in [0.1, 0.15) is 75.3 Å². The number of rotatable bonds is 7. The van der Waals surface area contributed by atoms with Crippen LogP contribution in [0, 0.1) is 17.8 Å². The summed E-state index contributed by atoms with van der Waals surface area (Å²) in [4.78, 5) is 21.3. The third-order valence-electron chi connectivity index (χ3n) is 6.76. The first-order chi connectivity index (χ1) is 15.4. The zero-order valence-corrected chi connectivity index (χ0v) is 18.3. The van der Waals surface area contributed by atoms with Crippen LogP contribution >= 0.6 is 0 Å². The Morgan fingerprint density at radius 1 is 1.18 bits per heavy atom. The Morgan fingerprint density at radius 3 is 2.42 bits per heavy atom. The van der Waals surface area contributed by atoms with Gasteiger partial charge >= 0.3 is 6.18 Å². The maximum atomic E-state index is 13.5. The molecule has 0 radical (unpaired) electrons. The lowest BCUT2D eigenvalue weighted by Gasteiger charge is -2.31. The van der Waals surface area contributed by atoms with Gasteiger partial charge in [-0.3, -0.25) is 9.20 Å². The van der Waals surface area contributed by atoms with Crippen molar-refractivity contribution in [3.63, 3.8) is 0 Å². The Labute approximate surface area is 188 Å². The van der Waals surface area contributed by atoms with Crippen molar-refractivity contribution < 1.29 is 26.7 Å². The van der Waals surface area contributed by atoms with E-state index in [9.17, 15) is 26.7 Å². The lowest BCUT2D eigenvalue weighted by Crippen LogP contribution is -2.34. The van der Waals surface area contributed by atoms with Gasteiger partial charge in [-0.15, -0.1) is 0 Å². The summed E-state index contributed by atoms with van der Waals surface area (Å²) < 4.78 is 67.0. The van der Waals surface area contributed by atoms with Crippen LogP contribution in [-0.2, 0) is 4.79 Å². The number of hydrogen-bond donors (Lipinski definition) is 2. The van der Waals surface area contributed by atoms with Gasteiger partial charge in [-0.2, -0.15) is 13.2 Å². The van der Waals surface area contributed by atoms with E-state index < -0.39 is 42.4 Å². The highest BCUT2D eigenvalue weighted by atomic mass is 19.4. The summed E-state index contributed by atoms with van der Waals surface area (Å²) in [7, 11) is 0. The maximum absolute atomic E-state index is 13.5. The number of fused-ring (bicyclic) bond motifs is 1. The first-order valence-corrected chi connectivity index (χ1v) is 11.3. The standard InChI is InChI=1S/C22H28F5N5O/c1-12(22(25,26)27)10-17(33)31-19(14-2-3-14)15-6-9-32-11-16(30-20(32)29-15)18(28)13-4-7-21(23,24)8-5-13/h6,9,11-14,18-19H,2-5,7-8,10,28H2,1H3,(H,31,33)/t12?,18-,19+/m0/s1. The minimum absolute atomic E-state index is 0.0943. The Hall–Kier alpha value is -2.30. The van der Waals surface area contributed by atoms with E-state index in [0.717, 1.165) is 19.8 Å². The molecule has 4 rings (SSSR count). The Morgan fingerprint density at radius 2 is 1.82 bits per heavy atom. The average molecular weight is 473 g/mol. The van der Waals surface area contributed by atoms with Crippen molar-refractivity contribution >= 4 is 11.7 Å². The molecule has 1 unspecified atom stereocenters. The zero-order chi connectivity index (χ0) is 24.0. The van der Waals surface area contributed by atoms with E-state index in [1.54, 1.807) is 22.9 Å². The molecular weight excluding hydrogens is 445 g/mol. The molecule has 2 heterocycles. The van der Waals surface area contributed by atoms with Gasteiger partial charge in [0.1, 0.15) is 0 Å². The molecular formula is C22H28F5N5O. The predicted octanol–water partition coefficient (Wildman–Crippen LogP) is 4.71. The summed E-state index contributed by atoms with van der Waals surface area (Å²) in [6.45, 7) is 0.985. The average Bonchev–Trinajstić information content (AvgIpc) is 3.48. The Kier molecular flexibility index (Phi) is 6.36. The minimum Gasteiger partial charge on any atom is -0.347 e. The van der Waals surface area contributed by atoms with E-state index in [4.69, 9.17) is 5.73 Å². The number of nitrogens with zero attached hydrogens (tertiary/aromatic N) is 3. The fourth-order valence-electron chi connectivity index (χ4n) is 4.39. The highest BCUT2D eigenvalue weighted by Gasteiger charge is 2.40. The molecule has 0 aromatic carbocycles. The van der Waals surface area contributed by atoms with Crippen LogP contribution in [-0.4, -0.2) is 32.4 Å². The predicted molar refractivity (Wildman–Crippen MR) is 110 cm³/mol. The van der Waals surface area contributed by atoms with E-state index in [1.807, 2.05) is 0 Å². The van der Waals surface area contributed by atoms with Crippen molar-refractivity contribution in [1.82, 2.24) is 19.7 Å². The lowest BCUT2D eigenvalue weighted by atomic mass is 9.81. The van der Waals surface area contributed by atoms with Gasteiger partial charge in [0.2, 0.25) is 17.6 Å². The van der Waals surface area contributed by atoms with Crippen molar-refractivity contribution in [2.45, 2.75) is 76.1 Å². The highest BCUT2D eigenvalue weighted by molar-refractivity contribution is 5.76. The number of aromatic nitrogens is 3. The first kappa shape index (κ1) is 23.8. The molecule has 3 N–H and O–H groups in total. The second-order valence-corrected chi connectivity index (χ2v) is 9.47. The molecule has 11 heteroatoms. The fourth-order valence-corrected chi connectivity index (χ4v) is 4.39. The second-order valence-electron chi connectivity index (χ2n) is 9.47. The van der Waals surface area contributed by atoms with Crippen LogP contribution in [0.15, 0.2) is 18.5 Å². The van der Waals surface area contributed by atoms with Crippen LogP contribution in [0.3, 0.4) is 0 Å². The molecule has 0 spiro atoms. The van der Waals surface area contributed by atoms with Crippen LogP contribution in [0.4, 0.5) is 22.0 Å². The molecule has 3 atom stereocenters. The molecule has 2 saturated carbocycles. The lowest BCUT2D eigenvalue weighted by molar-refractivity contribution is -0.174. The minimum atomic E-state index is -4.43. The molecule has 2 aliphatic carbocycles. The van der Waals surface area contributed by atoms with E-state index >= 15 is 0 Å². The highest BCUT2D eigenvalue weighted by Crippen LogP contribution is 2.42. The number of nitrogens with two attached hydrogens (primary N) is 1. The third-order valence-corrected chi connectivity index (χ3v) is 6.76. The molecule has 0 aliphatic heterocycles. The number of alkyl halides is 5. The molecule has 0 bridgehead atoms. The fraction of sp³-hybridized carbons (Fsp3) is 0.682. The van der Waals surface area contributed by atoms with Gasteiger partial charge < -0.3 is 11.1 Å². The largest absolute Gasteiger partial charge is 0.392 e. The summed E-state index contributed by atoms with van der Waals surface area (Å²) >= 11 is 0. The molecule has 2 fully saturated rings. The summed E-state index contributed by atoms with van der Waals surface area (Å²) in [5.74, 6) is -4.66. The first-order valence-electron chi connectivity index (χ1n) is 11.3. The van der Waals surface area contributed by atoms with Gasteiger partial charge in [0, 0.05) is 31.7 Å². The van der Waals surface area contributed by atoms with Gasteiger partial charge in [0.05, 0.1) is 29.4 Å². The van der Waals surface area contributed by atoms with Gasteiger partial charge in [-0.1, -0.05) is 6.92 Å². The number of nitrogens with one attached hydrogen (secondary N) is 1. The van der Waals surface area contributed by atoms with Crippen LogP contribution in [0.2, 0.25) is 0 Å². The van der Waals surface area contributed by atoms with Crippen molar-refractivity contribution in [3.05, 3.63) is 29.8 Å². The zero-order valence-electron chi connectivity index (χ0n) is 18.3. The number of amides is 1. The summed E-state index contributed by atoms with van der Waals surface area (Å²) in [5.41, 5.74) is 7.41. The Balaban J connectivity index is 1.48. The monoisotopic (exact) mass is 473 g/mol. The quantitative estimate of drug-likeness (QED) is 0.571. The molecule has 33 heavy (non-hydrogen) atoms. The summed E-state index contributed by atoms with van der Waals surface area (Å²) in [6, 6.07) is 0.730. The maximum Gasteiger partial charge on any atom is 0.392 e. The van der Waals surface area contributed by atoms with Crippen LogP contribution in [0.25, 0.3) is 5.78 Å². The molecule has 0 saturated heterocycles. The topological polar surface area (TPSA) is 85.3 Å². The summed E-state index contributed by atoms with van der Waals surface area (Å²) in [5, 5.41) is 2.72. The van der Waals surface area contributed by atoms with Gasteiger partial charge in [0.15, 0.2) is 0 Å². The number of imidazole rings is 1. The van der Waals surface area contributed by atoms with Gasteiger partial charge in [-0.25, -0.2) is 18.7 Å². The SMILES string of the molecule is CC(CC(=O)N[C@@H](c1ccn2cc([C@@H](N)C3CCC(F)(F)CC3)nc2n1)C1CC1)C(F)(F)F. The van der Waals surface area contributed by atoms with E-state index in [1.165, 1.54) is 0 Å². The van der Waals surface area contributed by atoms with Gasteiger partial charge in [-0.05, 0) is 43.6 Å². The summed E-state index contributed by atoms with van der Waals surface area (Å²) in [6.07, 6.45) is 0.357. The second kappa shape index (κ2) is 8.81. The normalized spacial score (nSPS) is 22.2. The van der Waals surface area contributed by atoms with Crippen molar-refractivity contribution in [3.8, 4) is 0 Å². The van der Waals surface area contributed by atoms with E-state index in [2.05, 4.69) is 15.3 Å². The molecule has 2 aromatic heterocycles. The number of carbonyl (C=O) groups excluding carboxylic acids is 1. The number of carbonyl (C=O) groups is 1. The number of hydrogen-bond acceptors (Lipinski definition) is 4. The van der Waals surface area contributed by atoms with Crippen molar-refractivity contribution in [2.24, 2.45) is 23.5 Å².